The summed E-state index contributed by atoms with van der Waals surface area (Å²) < 4.78 is 41.7. The Morgan fingerprint density at radius 1 is 0.588 bits per heavy atom. The summed E-state index contributed by atoms with van der Waals surface area (Å²) in [4.78, 5) is 105. The molecule has 19 nitrogen and oxygen atoms in total. The number of hydrogen-bond donors (Lipinski definition) is 3. The van der Waals surface area contributed by atoms with Gasteiger partial charge < -0.3 is 48.9 Å². The fourth-order valence-electron chi connectivity index (χ4n) is 6.45. The minimum absolute atomic E-state index is 0.0896. The van der Waals surface area contributed by atoms with Gasteiger partial charge in [-0.3, -0.25) is 19.3 Å². The minimum Gasteiger partial charge on any atom is -0.481 e. The van der Waals surface area contributed by atoms with E-state index in [1.165, 1.54) is 48.5 Å². The number of rotatable bonds is 21. The number of carbonyl (C=O) groups is 8. The van der Waals surface area contributed by atoms with Gasteiger partial charge in [0, 0.05) is 26.1 Å². The SMILES string of the molecule is CC(C)(C)OC(=O)N(CCC(=O)NCCC(=O)O)CC(=O)NCCO[C@@H]1O[C@H](COC(=O)c2ccccc2)[C@H](OC(=O)c2ccccc2)[C@H](OC(=O)c2ccccc2)[C@H]1OC(=O)c1ccccc1. The third-order valence-electron chi connectivity index (χ3n) is 9.70. The number of aliphatic carboxylic acids is 1. The van der Waals surface area contributed by atoms with Crippen molar-refractivity contribution in [2.45, 2.75) is 69.9 Å². The molecule has 0 radical (unpaired) electrons. The lowest BCUT2D eigenvalue weighted by molar-refractivity contribution is -0.297. The van der Waals surface area contributed by atoms with Gasteiger partial charge in [-0.2, -0.15) is 0 Å². The molecule has 3 amide bonds. The first-order valence-corrected chi connectivity index (χ1v) is 21.6. The van der Waals surface area contributed by atoms with E-state index in [0.717, 1.165) is 4.90 Å². The summed E-state index contributed by atoms with van der Waals surface area (Å²) in [7, 11) is 0. The number of nitrogens with one attached hydrogen (secondary N) is 2. The van der Waals surface area contributed by atoms with Crippen molar-refractivity contribution in [2.24, 2.45) is 0 Å². The van der Waals surface area contributed by atoms with Crippen LogP contribution in [0.4, 0.5) is 4.79 Å². The van der Waals surface area contributed by atoms with Crippen LogP contribution in [0, 0.1) is 0 Å². The largest absolute Gasteiger partial charge is 0.481 e. The fraction of sp³-hybridized carbons (Fsp3) is 0.347. The van der Waals surface area contributed by atoms with Crippen LogP contribution in [-0.4, -0.2) is 133 Å². The Kier molecular flexibility index (Phi) is 19.1. The highest BCUT2D eigenvalue weighted by atomic mass is 16.7. The average Bonchev–Trinajstić information content (AvgIpc) is 3.32. The summed E-state index contributed by atoms with van der Waals surface area (Å²) in [6, 6.07) is 31.6. The molecule has 1 aliphatic heterocycles. The van der Waals surface area contributed by atoms with E-state index in [-0.39, 0.29) is 61.3 Å². The van der Waals surface area contributed by atoms with Crippen molar-refractivity contribution in [1.82, 2.24) is 15.5 Å². The van der Waals surface area contributed by atoms with Gasteiger partial charge in [0.2, 0.25) is 11.8 Å². The van der Waals surface area contributed by atoms with Gasteiger partial charge in [0.15, 0.2) is 24.6 Å². The number of carboxylic acid groups (broad SMARTS) is 1. The summed E-state index contributed by atoms with van der Waals surface area (Å²) in [6.45, 7) is 2.73. The zero-order chi connectivity index (χ0) is 49.1. The Labute approximate surface area is 391 Å². The van der Waals surface area contributed by atoms with E-state index in [0.29, 0.717) is 0 Å². The van der Waals surface area contributed by atoms with Gasteiger partial charge in [-0.05, 0) is 69.3 Å². The summed E-state index contributed by atoms with van der Waals surface area (Å²) in [6.07, 6.45) is -9.50. The monoisotopic (exact) mass is 939 g/mol. The molecule has 5 atom stereocenters. The van der Waals surface area contributed by atoms with E-state index < -0.39 is 97.2 Å². The molecular weight excluding hydrogens is 887 g/mol. The number of carboxylic acids is 1. The zero-order valence-electron chi connectivity index (χ0n) is 37.6. The maximum absolute atomic E-state index is 13.9. The predicted molar refractivity (Wildman–Crippen MR) is 239 cm³/mol. The van der Waals surface area contributed by atoms with Gasteiger partial charge in [-0.25, -0.2) is 24.0 Å². The van der Waals surface area contributed by atoms with E-state index in [1.54, 1.807) is 93.6 Å². The van der Waals surface area contributed by atoms with Crippen LogP contribution in [0.2, 0.25) is 0 Å². The van der Waals surface area contributed by atoms with Gasteiger partial charge in [0.25, 0.3) is 0 Å². The Morgan fingerprint density at radius 2 is 1.04 bits per heavy atom. The number of carbonyl (C=O) groups excluding carboxylic acids is 7. The molecule has 0 bridgehead atoms. The normalized spacial score (nSPS) is 17.6. The number of benzene rings is 4. The molecule has 1 aliphatic rings. The number of amides is 3. The minimum atomic E-state index is -1.68. The van der Waals surface area contributed by atoms with Crippen molar-refractivity contribution in [3.63, 3.8) is 0 Å². The standard InChI is InChI=1S/C49H53N3O16/c1-49(2,3)68-48(61)52(28-25-37(53)50-26-24-39(55)56)30-38(54)51-27-29-62-47-42(67-46(60)35-22-14-7-15-23-35)41(66-45(59)34-20-12-6-13-21-34)40(65-44(58)33-18-10-5-11-19-33)36(64-47)31-63-43(57)32-16-8-4-9-17-32/h4-23,36,40-42,47H,24-31H2,1-3H3,(H,50,53)(H,51,54)(H,55,56)/t36-,40+,41+,42-,47-/m1/s1. The number of nitrogens with zero attached hydrogens (tertiary/aromatic N) is 1. The van der Waals surface area contributed by atoms with Crippen molar-refractivity contribution in [1.29, 1.82) is 0 Å². The number of esters is 4. The summed E-state index contributed by atoms with van der Waals surface area (Å²) in [5, 5.41) is 13.9. The summed E-state index contributed by atoms with van der Waals surface area (Å²) >= 11 is 0. The molecule has 4 aromatic carbocycles. The van der Waals surface area contributed by atoms with Gasteiger partial charge in [0.05, 0.1) is 35.3 Å². The molecule has 0 unspecified atom stereocenters. The van der Waals surface area contributed by atoms with Crippen LogP contribution >= 0.6 is 0 Å². The highest BCUT2D eigenvalue weighted by Gasteiger charge is 2.53. The lowest BCUT2D eigenvalue weighted by atomic mass is 9.97. The lowest BCUT2D eigenvalue weighted by Gasteiger charge is -2.44. The van der Waals surface area contributed by atoms with Crippen LogP contribution in [-0.2, 0) is 47.5 Å². The van der Waals surface area contributed by atoms with Crippen molar-refractivity contribution >= 4 is 47.8 Å². The van der Waals surface area contributed by atoms with E-state index in [4.69, 9.17) is 38.3 Å². The van der Waals surface area contributed by atoms with Gasteiger partial charge >= 0.3 is 35.9 Å². The molecule has 0 aliphatic carbocycles. The number of hydrogen-bond acceptors (Lipinski definition) is 15. The van der Waals surface area contributed by atoms with E-state index in [9.17, 15) is 38.4 Å². The van der Waals surface area contributed by atoms with Crippen molar-refractivity contribution in [3.05, 3.63) is 144 Å². The predicted octanol–water partition coefficient (Wildman–Crippen LogP) is 4.60. The molecule has 0 aromatic heterocycles. The van der Waals surface area contributed by atoms with Crippen LogP contribution in [0.5, 0.6) is 0 Å². The van der Waals surface area contributed by atoms with E-state index in [2.05, 4.69) is 10.6 Å². The van der Waals surface area contributed by atoms with Crippen LogP contribution in [0.25, 0.3) is 0 Å². The molecule has 5 rings (SSSR count). The molecule has 0 spiro atoms. The Morgan fingerprint density at radius 3 is 1.53 bits per heavy atom. The highest BCUT2D eigenvalue weighted by molar-refractivity contribution is 5.92. The maximum Gasteiger partial charge on any atom is 0.410 e. The van der Waals surface area contributed by atoms with Gasteiger partial charge in [0.1, 0.15) is 24.9 Å². The second-order valence-corrected chi connectivity index (χ2v) is 16.1. The van der Waals surface area contributed by atoms with Crippen LogP contribution in [0.15, 0.2) is 121 Å². The second-order valence-electron chi connectivity index (χ2n) is 16.1. The van der Waals surface area contributed by atoms with E-state index >= 15 is 0 Å². The average molecular weight is 940 g/mol. The first-order valence-electron chi connectivity index (χ1n) is 21.6. The molecule has 68 heavy (non-hydrogen) atoms. The molecule has 1 fully saturated rings. The van der Waals surface area contributed by atoms with Crippen molar-refractivity contribution < 1.29 is 76.6 Å². The Balaban J connectivity index is 1.41. The first-order chi connectivity index (χ1) is 32.6. The Bertz CT molecular complexity index is 2330. The molecule has 19 heteroatoms. The molecule has 3 N–H and O–H groups in total. The lowest BCUT2D eigenvalue weighted by Crippen LogP contribution is -2.63. The highest BCUT2D eigenvalue weighted by Crippen LogP contribution is 2.32. The molecule has 1 saturated heterocycles. The fourth-order valence-corrected chi connectivity index (χ4v) is 6.45. The summed E-state index contributed by atoms with van der Waals surface area (Å²) in [5.41, 5.74) is -0.469. The molecule has 0 saturated carbocycles. The van der Waals surface area contributed by atoms with Crippen LogP contribution in [0.1, 0.15) is 75.0 Å². The molecule has 4 aromatic rings. The maximum atomic E-state index is 13.9. The molecule has 1 heterocycles. The molecule has 360 valence electrons. The van der Waals surface area contributed by atoms with E-state index in [1.807, 2.05) is 0 Å². The van der Waals surface area contributed by atoms with Gasteiger partial charge in [-0.15, -0.1) is 0 Å². The Hall–Kier alpha value is -7.64. The third kappa shape index (κ3) is 16.4. The van der Waals surface area contributed by atoms with Crippen LogP contribution in [0.3, 0.4) is 0 Å². The quantitative estimate of drug-likeness (QED) is 0.0587. The van der Waals surface area contributed by atoms with Crippen molar-refractivity contribution in [2.75, 3.05) is 39.4 Å². The number of ether oxygens (including phenoxy) is 7. The first kappa shape index (κ1) is 51.3. The van der Waals surface area contributed by atoms with Crippen LogP contribution < -0.4 is 10.6 Å². The van der Waals surface area contributed by atoms with Crippen molar-refractivity contribution in [3.8, 4) is 0 Å². The molecular formula is C49H53N3O16. The zero-order valence-corrected chi connectivity index (χ0v) is 37.6. The topological polar surface area (TPSA) is 249 Å². The smallest absolute Gasteiger partial charge is 0.410 e. The second kappa shape index (κ2) is 25.3. The third-order valence-corrected chi connectivity index (χ3v) is 9.70. The van der Waals surface area contributed by atoms with Gasteiger partial charge in [-0.1, -0.05) is 72.8 Å². The summed E-state index contributed by atoms with van der Waals surface area (Å²) in [5.74, 6) is -5.81.